The summed E-state index contributed by atoms with van der Waals surface area (Å²) in [5.74, 6) is -4.77. The van der Waals surface area contributed by atoms with Crippen molar-refractivity contribution < 1.29 is 52.7 Å². The van der Waals surface area contributed by atoms with E-state index in [4.69, 9.17) is 9.47 Å². The lowest BCUT2D eigenvalue weighted by Crippen LogP contribution is -2.25. The van der Waals surface area contributed by atoms with Gasteiger partial charge in [-0.25, -0.2) is 43.3 Å². The van der Waals surface area contributed by atoms with Crippen molar-refractivity contribution in [3.63, 3.8) is 0 Å². The fourth-order valence-corrected chi connectivity index (χ4v) is 13.4. The van der Waals surface area contributed by atoms with Crippen LogP contribution in [0.4, 0.5) is 0 Å². The van der Waals surface area contributed by atoms with Gasteiger partial charge in [-0.05, 0) is 85.0 Å². The molecule has 2 unspecified atom stereocenters. The number of carbonyl (C=O) groups is 2. The molecule has 4 aromatic rings. The molecule has 0 amide bonds. The molecule has 4 rings (SSSR count). The zero-order chi connectivity index (χ0) is 45.0. The number of benzene rings is 4. The molecule has 12 nitrogen and oxygen atoms in total. The number of esters is 2. The quantitative estimate of drug-likeness (QED) is 0.0421. The largest absolute Gasteiger partial charge is 0.423 e. The average Bonchev–Trinajstić information content (AvgIpc) is 3.20. The summed E-state index contributed by atoms with van der Waals surface area (Å²) in [4.78, 5) is 25.0. The zero-order valence-electron chi connectivity index (χ0n) is 34.5. The van der Waals surface area contributed by atoms with Gasteiger partial charge in [0, 0.05) is 35.2 Å². The Morgan fingerprint density at radius 3 is 1.44 bits per heavy atom. The molecule has 0 radical (unpaired) electrons. The first-order chi connectivity index (χ1) is 28.6. The Balaban J connectivity index is 1.46. The van der Waals surface area contributed by atoms with Crippen LogP contribution in [0.5, 0.6) is 11.5 Å². The van der Waals surface area contributed by atoms with Crippen molar-refractivity contribution in [3.05, 3.63) is 144 Å². The maximum Gasteiger partial charge on any atom is 0.339 e. The summed E-state index contributed by atoms with van der Waals surface area (Å²) in [5.41, 5.74) is 1.65. The first-order valence-corrected chi connectivity index (χ1v) is 26.6. The monoisotopic (exact) mass is 912 g/mol. The van der Waals surface area contributed by atoms with Gasteiger partial charge in [-0.1, -0.05) is 88.0 Å². The van der Waals surface area contributed by atoms with E-state index in [2.05, 4.69) is 13.2 Å². The summed E-state index contributed by atoms with van der Waals surface area (Å²) >= 11 is 0. The van der Waals surface area contributed by atoms with E-state index in [1.54, 1.807) is 37.3 Å². The van der Waals surface area contributed by atoms with Crippen LogP contribution >= 0.6 is 0 Å². The number of hydrogen-bond acceptors (Lipinski definition) is 12. The predicted octanol–water partition coefficient (Wildman–Crippen LogP) is 7.03. The molecule has 2 atom stereocenters. The number of carbonyl (C=O) groups excluding carboxylic acids is 2. The Labute approximate surface area is 360 Å². The van der Waals surface area contributed by atoms with E-state index >= 15 is 0 Å². The third-order valence-electron chi connectivity index (χ3n) is 9.64. The lowest BCUT2D eigenvalue weighted by molar-refractivity contribution is -0.131. The highest BCUT2D eigenvalue weighted by Crippen LogP contribution is 2.29. The molecule has 0 aromatic heterocycles. The van der Waals surface area contributed by atoms with Crippen LogP contribution in [0.1, 0.15) is 68.6 Å². The van der Waals surface area contributed by atoms with Crippen LogP contribution in [0, 0.1) is 0 Å². The molecule has 0 N–H and O–H groups in total. The SMILES string of the molecule is C=C(C)C(=O)Oc1ccc(C(CS(=O)(=O)c2ccccc2)CS(=O)(=O)c2ccc(CC(=C)C(=O)Oc3ccc(C(CS(=O)(=O)CCC)CS(=O)(=O)CCCC)cc3)cc2)cc1. The minimum atomic E-state index is -4.08. The fraction of sp³-hybridized carbons (Fsp3) is 0.333. The molecule has 61 heavy (non-hydrogen) atoms. The second-order valence-electron chi connectivity index (χ2n) is 15.0. The number of sulfone groups is 4. The highest BCUT2D eigenvalue weighted by Gasteiger charge is 2.30. The lowest BCUT2D eigenvalue weighted by atomic mass is 10.0. The van der Waals surface area contributed by atoms with Crippen LogP contribution in [0.3, 0.4) is 0 Å². The van der Waals surface area contributed by atoms with Crippen molar-refractivity contribution in [1.82, 2.24) is 0 Å². The molecular weight excluding hydrogens is 861 g/mol. The first-order valence-electron chi connectivity index (χ1n) is 19.6. The molecule has 328 valence electrons. The fourth-order valence-electron chi connectivity index (χ4n) is 6.41. The van der Waals surface area contributed by atoms with E-state index in [0.29, 0.717) is 36.0 Å². The molecule has 0 saturated heterocycles. The van der Waals surface area contributed by atoms with Crippen LogP contribution in [0.2, 0.25) is 0 Å². The molecule has 0 aliphatic rings. The van der Waals surface area contributed by atoms with E-state index in [-0.39, 0.29) is 61.9 Å². The molecule has 0 aliphatic carbocycles. The number of hydrogen-bond donors (Lipinski definition) is 0. The van der Waals surface area contributed by atoms with Gasteiger partial charge in [-0.15, -0.1) is 0 Å². The normalized spacial score (nSPS) is 13.2. The van der Waals surface area contributed by atoms with E-state index in [1.807, 2.05) is 6.92 Å². The maximum absolute atomic E-state index is 13.8. The number of unbranched alkanes of at least 4 members (excludes halogenated alkanes) is 1. The van der Waals surface area contributed by atoms with Crippen LogP contribution in [0.15, 0.2) is 137 Å². The third kappa shape index (κ3) is 14.9. The van der Waals surface area contributed by atoms with Crippen molar-refractivity contribution in [2.75, 3.05) is 34.5 Å². The Bertz CT molecular complexity index is 2620. The van der Waals surface area contributed by atoms with E-state index in [0.717, 1.165) is 0 Å². The van der Waals surface area contributed by atoms with Crippen LogP contribution in [0.25, 0.3) is 0 Å². The maximum atomic E-state index is 13.8. The van der Waals surface area contributed by atoms with Gasteiger partial charge in [0.1, 0.15) is 11.5 Å². The summed E-state index contributed by atoms with van der Waals surface area (Å²) in [6, 6.07) is 25.4. The van der Waals surface area contributed by atoms with Crippen molar-refractivity contribution in [1.29, 1.82) is 0 Å². The predicted molar refractivity (Wildman–Crippen MR) is 237 cm³/mol. The topological polar surface area (TPSA) is 189 Å². The zero-order valence-corrected chi connectivity index (χ0v) is 37.8. The molecule has 4 aromatic carbocycles. The van der Waals surface area contributed by atoms with Gasteiger partial charge in [0.25, 0.3) is 0 Å². The van der Waals surface area contributed by atoms with Gasteiger partial charge < -0.3 is 9.47 Å². The summed E-state index contributed by atoms with van der Waals surface area (Å²) in [5, 5.41) is 0. The third-order valence-corrected chi connectivity index (χ3v) is 17.1. The van der Waals surface area contributed by atoms with E-state index in [9.17, 15) is 43.3 Å². The van der Waals surface area contributed by atoms with Gasteiger partial charge in [-0.2, -0.15) is 0 Å². The molecule has 0 fully saturated rings. The summed E-state index contributed by atoms with van der Waals surface area (Å²) < 4.78 is 116. The second-order valence-corrected chi connectivity index (χ2v) is 23.5. The number of rotatable bonds is 23. The van der Waals surface area contributed by atoms with Crippen LogP contribution in [-0.4, -0.2) is 80.1 Å². The molecule has 0 heterocycles. The van der Waals surface area contributed by atoms with Gasteiger partial charge in [0.2, 0.25) is 0 Å². The second kappa shape index (κ2) is 21.3. The smallest absolute Gasteiger partial charge is 0.339 e. The average molecular weight is 913 g/mol. The van der Waals surface area contributed by atoms with Crippen LogP contribution < -0.4 is 9.47 Å². The lowest BCUT2D eigenvalue weighted by Gasteiger charge is -2.19. The van der Waals surface area contributed by atoms with Crippen molar-refractivity contribution >= 4 is 51.3 Å². The number of ether oxygens (including phenoxy) is 2. The Morgan fingerprint density at radius 2 is 0.984 bits per heavy atom. The van der Waals surface area contributed by atoms with Gasteiger partial charge in [0.15, 0.2) is 39.3 Å². The van der Waals surface area contributed by atoms with Gasteiger partial charge in [0.05, 0.1) is 38.6 Å². The summed E-state index contributed by atoms with van der Waals surface area (Å²) in [6.07, 6.45) is 1.56. The first kappa shape index (κ1) is 48.8. The summed E-state index contributed by atoms with van der Waals surface area (Å²) in [7, 11) is -15.1. The van der Waals surface area contributed by atoms with Crippen molar-refractivity contribution in [3.8, 4) is 11.5 Å². The molecule has 16 heteroatoms. The minimum absolute atomic E-state index is 0.00444. The molecule has 0 aliphatic heterocycles. The summed E-state index contributed by atoms with van der Waals surface area (Å²) in [6.45, 7) is 12.5. The Morgan fingerprint density at radius 1 is 0.541 bits per heavy atom. The molecular formula is C45H52O12S4. The highest BCUT2D eigenvalue weighted by molar-refractivity contribution is 7.93. The van der Waals surface area contributed by atoms with Crippen molar-refractivity contribution in [2.24, 2.45) is 0 Å². The van der Waals surface area contributed by atoms with Gasteiger partial charge in [-0.3, -0.25) is 0 Å². The highest BCUT2D eigenvalue weighted by atomic mass is 32.2. The van der Waals surface area contributed by atoms with Crippen molar-refractivity contribution in [2.45, 2.75) is 68.1 Å². The molecule has 0 spiro atoms. The van der Waals surface area contributed by atoms with E-state index < -0.39 is 74.6 Å². The Hall–Kier alpha value is -4.90. The minimum Gasteiger partial charge on any atom is -0.423 e. The van der Waals surface area contributed by atoms with Crippen LogP contribution in [-0.2, 0) is 55.4 Å². The molecule has 0 saturated carbocycles. The standard InChI is InChI=1S/C45H52O12S4/c1-6-8-27-59(50,51)30-38(29-58(48,49)26-7-2)36-16-22-41(23-17-36)57-45(47)34(5)28-35-14-24-43(25-15-35)61(54,55)32-39(31-60(52,53)42-12-10-9-11-13-42)37-18-20-40(21-19-37)56-44(46)33(3)4/h9-25,38-39H,3,5-8,26-32H2,1-2,4H3. The van der Waals surface area contributed by atoms with E-state index in [1.165, 1.54) is 79.7 Å². The van der Waals surface area contributed by atoms with Gasteiger partial charge >= 0.3 is 11.9 Å². The molecule has 0 bridgehead atoms. The Kier molecular flexibility index (Phi) is 17.0.